The molecule has 0 aromatic heterocycles. The highest BCUT2D eigenvalue weighted by molar-refractivity contribution is 7.92. The summed E-state index contributed by atoms with van der Waals surface area (Å²) in [5.74, 6) is -0.177. The van der Waals surface area contributed by atoms with Crippen molar-refractivity contribution < 1.29 is 21.6 Å². The Labute approximate surface area is 249 Å². The molecule has 0 unspecified atom stereocenters. The minimum absolute atomic E-state index is 0.0953. The number of benzene rings is 4. The lowest BCUT2D eigenvalue weighted by molar-refractivity contribution is 0.414. The third kappa shape index (κ3) is 7.64. The number of aryl methyl sites for hydroxylation is 1. The van der Waals surface area contributed by atoms with Gasteiger partial charge in [0.25, 0.3) is 0 Å². The van der Waals surface area contributed by atoms with Crippen LogP contribution in [0.1, 0.15) is 16.7 Å². The summed E-state index contributed by atoms with van der Waals surface area (Å²) < 4.78 is 63.8. The van der Waals surface area contributed by atoms with Crippen LogP contribution in [0.15, 0.2) is 138 Å². The molecule has 0 saturated heterocycles. The highest BCUT2D eigenvalue weighted by atomic mass is 32.2. The van der Waals surface area contributed by atoms with E-state index in [2.05, 4.69) is 11.3 Å². The lowest BCUT2D eigenvalue weighted by Gasteiger charge is -2.31. The fourth-order valence-electron chi connectivity index (χ4n) is 4.76. The number of rotatable bonds is 13. The third-order valence-corrected chi connectivity index (χ3v) is 10.7. The Kier molecular flexibility index (Phi) is 10.2. The van der Waals surface area contributed by atoms with Crippen LogP contribution < -0.4 is 9.46 Å². The lowest BCUT2D eigenvalue weighted by atomic mass is 9.90. The Morgan fingerprint density at radius 3 is 1.95 bits per heavy atom. The monoisotopic (exact) mass is 601 g/mol. The number of ether oxygens (including phenoxy) is 1. The van der Waals surface area contributed by atoms with Crippen molar-refractivity contribution in [2.24, 2.45) is 5.92 Å². The van der Waals surface area contributed by atoms with Crippen LogP contribution in [0, 0.1) is 12.8 Å². The molecule has 218 valence electrons. The molecule has 0 spiro atoms. The Balaban J connectivity index is 1.82. The first-order valence-corrected chi connectivity index (χ1v) is 16.5. The SMILES string of the molecule is C=C[C@H]([C@@H](/C=C/c1ccccc1)S(=O)(=O)c1ccccc1)[C@@H](Cc1ccc(OC)cc1)NS(=O)(=O)c1ccc(C)cc1. The average molecular weight is 602 g/mol. The maximum absolute atomic E-state index is 14.2. The lowest BCUT2D eigenvalue weighted by Crippen LogP contribution is -2.46. The van der Waals surface area contributed by atoms with Crippen LogP contribution in [0.5, 0.6) is 5.75 Å². The van der Waals surface area contributed by atoms with E-state index in [4.69, 9.17) is 4.74 Å². The predicted molar refractivity (Wildman–Crippen MR) is 169 cm³/mol. The number of methoxy groups -OCH3 is 1. The summed E-state index contributed by atoms with van der Waals surface area (Å²) in [7, 11) is -6.42. The second-order valence-electron chi connectivity index (χ2n) is 10.00. The molecule has 0 heterocycles. The molecule has 4 aromatic carbocycles. The van der Waals surface area contributed by atoms with Gasteiger partial charge in [0.1, 0.15) is 5.75 Å². The van der Waals surface area contributed by atoms with Crippen LogP contribution in [0.2, 0.25) is 0 Å². The van der Waals surface area contributed by atoms with Gasteiger partial charge in [0.2, 0.25) is 10.0 Å². The van der Waals surface area contributed by atoms with Crippen LogP contribution in [0.25, 0.3) is 6.08 Å². The molecule has 42 heavy (non-hydrogen) atoms. The van der Waals surface area contributed by atoms with Gasteiger partial charge in [-0.15, -0.1) is 6.58 Å². The summed E-state index contributed by atoms with van der Waals surface area (Å²) in [5, 5.41) is -1.12. The first-order chi connectivity index (χ1) is 20.1. The van der Waals surface area contributed by atoms with E-state index in [0.29, 0.717) is 5.75 Å². The van der Waals surface area contributed by atoms with Crippen LogP contribution in [-0.4, -0.2) is 35.2 Å². The molecule has 0 bridgehead atoms. The van der Waals surface area contributed by atoms with Crippen molar-refractivity contribution >= 4 is 25.9 Å². The quantitative estimate of drug-likeness (QED) is 0.183. The molecule has 0 aliphatic carbocycles. The Morgan fingerprint density at radius 2 is 1.38 bits per heavy atom. The van der Waals surface area contributed by atoms with Gasteiger partial charge in [-0.1, -0.05) is 96.6 Å². The maximum Gasteiger partial charge on any atom is 0.240 e. The van der Waals surface area contributed by atoms with Gasteiger partial charge < -0.3 is 4.74 Å². The van der Waals surface area contributed by atoms with Crippen molar-refractivity contribution in [1.82, 2.24) is 4.72 Å². The van der Waals surface area contributed by atoms with Crippen molar-refractivity contribution in [3.63, 3.8) is 0 Å². The molecular weight excluding hydrogens is 567 g/mol. The van der Waals surface area contributed by atoms with Gasteiger partial charge in [-0.3, -0.25) is 0 Å². The standard InChI is InChI=1S/C34H35NO5S2/c1-4-32(34(24-19-27-11-7-5-8-12-27)41(36,37)30-13-9-6-10-14-30)33(25-28-17-20-29(40-3)21-18-28)35-42(38,39)31-22-15-26(2)16-23-31/h4-24,32-35H,1,25H2,2-3H3/b24-19+/t32-,33+,34+/m0/s1. The molecule has 1 N–H and O–H groups in total. The van der Waals surface area contributed by atoms with Gasteiger partial charge in [-0.25, -0.2) is 21.6 Å². The van der Waals surface area contributed by atoms with E-state index >= 15 is 0 Å². The van der Waals surface area contributed by atoms with Gasteiger partial charge in [0.15, 0.2) is 9.84 Å². The number of sulfonamides is 1. The molecule has 4 rings (SSSR count). The van der Waals surface area contributed by atoms with E-state index in [-0.39, 0.29) is 16.2 Å². The average Bonchev–Trinajstić information content (AvgIpc) is 3.00. The first kappa shape index (κ1) is 31.0. The Hall–Kier alpha value is -3.98. The zero-order valence-electron chi connectivity index (χ0n) is 23.6. The highest BCUT2D eigenvalue weighted by Gasteiger charge is 2.38. The zero-order valence-corrected chi connectivity index (χ0v) is 25.3. The Bertz CT molecular complexity index is 1700. The summed E-state index contributed by atoms with van der Waals surface area (Å²) in [6.45, 7) is 5.87. The zero-order chi connectivity index (χ0) is 30.2. The molecule has 0 aliphatic rings. The molecule has 0 saturated carbocycles. The summed E-state index contributed by atoms with van der Waals surface area (Å²) in [5.41, 5.74) is 2.55. The fourth-order valence-corrected chi connectivity index (χ4v) is 7.88. The van der Waals surface area contributed by atoms with E-state index in [0.717, 1.165) is 16.7 Å². The summed E-state index contributed by atoms with van der Waals surface area (Å²) in [4.78, 5) is 0.238. The fraction of sp³-hybridized carbons (Fsp3) is 0.176. The first-order valence-electron chi connectivity index (χ1n) is 13.5. The van der Waals surface area contributed by atoms with Crippen LogP contribution in [0.4, 0.5) is 0 Å². The van der Waals surface area contributed by atoms with Crippen molar-refractivity contribution in [2.45, 2.75) is 34.4 Å². The molecule has 6 nitrogen and oxygen atoms in total. The van der Waals surface area contributed by atoms with Crippen LogP contribution >= 0.6 is 0 Å². The van der Waals surface area contributed by atoms with Gasteiger partial charge in [0.05, 0.1) is 22.2 Å². The van der Waals surface area contributed by atoms with Crippen LogP contribution in [-0.2, 0) is 26.3 Å². The van der Waals surface area contributed by atoms with E-state index in [1.807, 2.05) is 49.4 Å². The minimum Gasteiger partial charge on any atom is -0.497 e. The normalized spacial score (nSPS) is 14.2. The maximum atomic E-state index is 14.2. The van der Waals surface area contributed by atoms with Crippen molar-refractivity contribution in [1.29, 1.82) is 0 Å². The second-order valence-corrected chi connectivity index (χ2v) is 13.8. The molecule has 0 radical (unpaired) electrons. The number of sulfone groups is 1. The molecule has 4 aromatic rings. The van der Waals surface area contributed by atoms with Crippen molar-refractivity contribution in [3.8, 4) is 5.75 Å². The molecule has 0 aliphatic heterocycles. The third-order valence-electron chi connectivity index (χ3n) is 7.08. The van der Waals surface area contributed by atoms with Gasteiger partial charge >= 0.3 is 0 Å². The molecule has 0 amide bonds. The number of hydrogen-bond donors (Lipinski definition) is 1. The van der Waals surface area contributed by atoms with Gasteiger partial charge in [-0.2, -0.15) is 0 Å². The molecular formula is C34H35NO5S2. The largest absolute Gasteiger partial charge is 0.497 e. The molecule has 0 fully saturated rings. The second kappa shape index (κ2) is 13.8. The smallest absolute Gasteiger partial charge is 0.240 e. The van der Waals surface area contributed by atoms with Gasteiger partial charge in [0, 0.05) is 12.0 Å². The summed E-state index contributed by atoms with van der Waals surface area (Å²) in [6, 6.07) is 30.5. The van der Waals surface area contributed by atoms with E-state index < -0.39 is 37.1 Å². The van der Waals surface area contributed by atoms with E-state index in [1.54, 1.807) is 86.0 Å². The van der Waals surface area contributed by atoms with Crippen molar-refractivity contribution in [3.05, 3.63) is 145 Å². The molecule has 3 atom stereocenters. The summed E-state index contributed by atoms with van der Waals surface area (Å²) in [6.07, 6.45) is 5.13. The number of hydrogen-bond acceptors (Lipinski definition) is 5. The topological polar surface area (TPSA) is 89.5 Å². The highest BCUT2D eigenvalue weighted by Crippen LogP contribution is 2.30. The molecule has 8 heteroatoms. The predicted octanol–water partition coefficient (Wildman–Crippen LogP) is 6.25. The minimum atomic E-state index is -4.02. The van der Waals surface area contributed by atoms with Crippen molar-refractivity contribution in [2.75, 3.05) is 7.11 Å². The summed E-state index contributed by atoms with van der Waals surface area (Å²) >= 11 is 0. The van der Waals surface area contributed by atoms with E-state index in [1.165, 1.54) is 6.08 Å². The Morgan fingerprint density at radius 1 is 0.786 bits per heavy atom. The van der Waals surface area contributed by atoms with Crippen LogP contribution in [0.3, 0.4) is 0 Å². The van der Waals surface area contributed by atoms with E-state index in [9.17, 15) is 16.8 Å². The van der Waals surface area contributed by atoms with Gasteiger partial charge in [-0.05, 0) is 60.9 Å². The number of nitrogens with one attached hydrogen (secondary N) is 1.